The van der Waals surface area contributed by atoms with Crippen molar-refractivity contribution in [2.75, 3.05) is 32.7 Å². The molecule has 0 bridgehead atoms. The van der Waals surface area contributed by atoms with E-state index in [1.165, 1.54) is 0 Å². The lowest BCUT2D eigenvalue weighted by Gasteiger charge is -2.42. The summed E-state index contributed by atoms with van der Waals surface area (Å²) in [5.74, 6) is 0.443. The maximum atomic E-state index is 12.7. The average Bonchev–Trinajstić information content (AvgIpc) is 3.53. The van der Waals surface area contributed by atoms with Gasteiger partial charge in [-0.05, 0) is 82.7 Å². The van der Waals surface area contributed by atoms with Gasteiger partial charge in [0, 0.05) is 25.6 Å². The highest BCUT2D eigenvalue weighted by molar-refractivity contribution is 5.76. The molecular weight excluding hydrogens is 489 g/mol. The number of halogens is 3. The summed E-state index contributed by atoms with van der Waals surface area (Å²) in [6.07, 6.45) is 3.42. The smallest absolute Gasteiger partial charge is 0.369 e. The van der Waals surface area contributed by atoms with Gasteiger partial charge in [0.2, 0.25) is 5.91 Å². The topological polar surface area (TPSA) is 104 Å². The predicted octanol–water partition coefficient (Wildman–Crippen LogP) is 1.85. The predicted molar refractivity (Wildman–Crippen MR) is 130 cm³/mol. The number of hydroxylamine groups is 1. The number of rotatable bonds is 7. The van der Waals surface area contributed by atoms with Crippen LogP contribution in [0, 0.1) is 17.8 Å². The standard InChI is InChI=1S/C25H43F3N6O3/c26-25(27,28)36-19-4-1-3-16(13-19)15-34-10-2-5-20(34)24-31-23(32-37-24)18-6-9-30-21(14-18)33-11-7-17(8-12-33)22(29)35/h16-21,23-24,30-32H,1-15H2,(H2,29,35)/t16?,18?,19?,20-,21?,23?,24?/m0/s1. The Morgan fingerprint density at radius 1 is 1.03 bits per heavy atom. The second-order valence-corrected chi connectivity index (χ2v) is 11.7. The molecule has 0 spiro atoms. The number of hydrogen-bond donors (Lipinski definition) is 4. The van der Waals surface area contributed by atoms with Gasteiger partial charge in [-0.3, -0.25) is 29.5 Å². The SMILES string of the molecule is NC(=O)C1CCN(C2CC(C3NOC([C@@H]4CCCN4CC4CCCC(OC(F)(F)F)C4)N3)CCN2)CC1. The molecule has 5 N–H and O–H groups in total. The van der Waals surface area contributed by atoms with E-state index in [0.717, 1.165) is 84.1 Å². The minimum atomic E-state index is -4.56. The highest BCUT2D eigenvalue weighted by Gasteiger charge is 2.43. The molecule has 0 aromatic heterocycles. The molecule has 6 unspecified atom stereocenters. The van der Waals surface area contributed by atoms with Crippen molar-refractivity contribution in [3.8, 4) is 0 Å². The molecule has 0 aromatic carbocycles. The molecule has 9 nitrogen and oxygen atoms in total. The van der Waals surface area contributed by atoms with E-state index in [-0.39, 0.29) is 42.3 Å². The van der Waals surface area contributed by atoms with Crippen LogP contribution in [0.3, 0.4) is 0 Å². The van der Waals surface area contributed by atoms with Crippen molar-refractivity contribution in [2.45, 2.75) is 101 Å². The molecule has 1 saturated carbocycles. The lowest BCUT2D eigenvalue weighted by atomic mass is 9.86. The van der Waals surface area contributed by atoms with Gasteiger partial charge in [0.15, 0.2) is 0 Å². The van der Waals surface area contributed by atoms with Crippen molar-refractivity contribution in [2.24, 2.45) is 23.5 Å². The lowest BCUT2D eigenvalue weighted by Crippen LogP contribution is -2.57. The Hall–Kier alpha value is -1.02. The number of primary amides is 1. The van der Waals surface area contributed by atoms with Crippen LogP contribution >= 0.6 is 0 Å². The monoisotopic (exact) mass is 532 g/mol. The molecule has 0 radical (unpaired) electrons. The van der Waals surface area contributed by atoms with Crippen LogP contribution in [0.25, 0.3) is 0 Å². The van der Waals surface area contributed by atoms with Crippen molar-refractivity contribution >= 4 is 5.91 Å². The van der Waals surface area contributed by atoms with Gasteiger partial charge in [-0.1, -0.05) is 6.42 Å². The van der Waals surface area contributed by atoms with Crippen LogP contribution in [0.5, 0.6) is 0 Å². The minimum Gasteiger partial charge on any atom is -0.369 e. The van der Waals surface area contributed by atoms with Gasteiger partial charge in [-0.25, -0.2) is 0 Å². The van der Waals surface area contributed by atoms with E-state index in [1.807, 2.05) is 0 Å². The van der Waals surface area contributed by atoms with E-state index in [1.54, 1.807) is 0 Å². The van der Waals surface area contributed by atoms with Crippen LogP contribution in [0.1, 0.15) is 64.2 Å². The molecule has 4 aliphatic heterocycles. The second kappa shape index (κ2) is 12.0. The maximum absolute atomic E-state index is 12.7. The summed E-state index contributed by atoms with van der Waals surface area (Å²) < 4.78 is 42.5. The quantitative estimate of drug-likeness (QED) is 0.394. The summed E-state index contributed by atoms with van der Waals surface area (Å²) in [6.45, 7) is 4.46. The van der Waals surface area contributed by atoms with Gasteiger partial charge < -0.3 is 11.1 Å². The van der Waals surface area contributed by atoms with Gasteiger partial charge in [0.05, 0.1) is 24.5 Å². The van der Waals surface area contributed by atoms with Crippen molar-refractivity contribution in [1.82, 2.24) is 25.9 Å². The second-order valence-electron chi connectivity index (χ2n) is 11.7. The van der Waals surface area contributed by atoms with Crippen molar-refractivity contribution in [3.05, 3.63) is 0 Å². The number of carbonyl (C=O) groups is 1. The number of ether oxygens (including phenoxy) is 1. The average molecular weight is 533 g/mol. The molecule has 5 rings (SSSR count). The van der Waals surface area contributed by atoms with Gasteiger partial charge >= 0.3 is 6.36 Å². The largest absolute Gasteiger partial charge is 0.522 e. The number of amides is 1. The Morgan fingerprint density at radius 2 is 1.84 bits per heavy atom. The zero-order chi connectivity index (χ0) is 26.0. The molecule has 212 valence electrons. The van der Waals surface area contributed by atoms with E-state index in [2.05, 4.69) is 30.7 Å². The van der Waals surface area contributed by atoms with Gasteiger partial charge in [0.1, 0.15) is 6.23 Å². The number of piperidine rings is 2. The molecule has 1 amide bonds. The third-order valence-corrected chi connectivity index (χ3v) is 9.22. The molecule has 4 saturated heterocycles. The van der Waals surface area contributed by atoms with Crippen LogP contribution in [0.2, 0.25) is 0 Å². The van der Waals surface area contributed by atoms with Crippen LogP contribution in [-0.2, 0) is 14.4 Å². The molecule has 12 heteroatoms. The fourth-order valence-electron chi connectivity index (χ4n) is 7.27. The highest BCUT2D eigenvalue weighted by atomic mass is 19.4. The van der Waals surface area contributed by atoms with Crippen LogP contribution in [-0.4, -0.2) is 85.5 Å². The summed E-state index contributed by atoms with van der Waals surface area (Å²) in [6, 6.07) is 0.215. The van der Waals surface area contributed by atoms with Crippen molar-refractivity contribution in [1.29, 1.82) is 0 Å². The number of nitrogens with two attached hydrogens (primary N) is 1. The zero-order valence-corrected chi connectivity index (χ0v) is 21.6. The molecule has 37 heavy (non-hydrogen) atoms. The molecule has 0 aromatic rings. The number of carbonyl (C=O) groups excluding carboxylic acids is 1. The number of alkyl halides is 3. The first kappa shape index (κ1) is 27.5. The zero-order valence-electron chi connectivity index (χ0n) is 21.6. The first-order valence-corrected chi connectivity index (χ1v) is 14.2. The number of likely N-dealkylation sites (tertiary alicyclic amines) is 2. The summed E-state index contributed by atoms with van der Waals surface area (Å²) in [5, 5.41) is 7.35. The summed E-state index contributed by atoms with van der Waals surface area (Å²) in [7, 11) is 0. The molecular formula is C25H43F3N6O3. The number of nitrogens with one attached hydrogen (secondary N) is 3. The molecule has 1 aliphatic carbocycles. The molecule has 7 atom stereocenters. The van der Waals surface area contributed by atoms with E-state index in [9.17, 15) is 18.0 Å². The Morgan fingerprint density at radius 3 is 2.59 bits per heavy atom. The Bertz CT molecular complexity index is 768. The maximum Gasteiger partial charge on any atom is 0.522 e. The highest BCUT2D eigenvalue weighted by Crippen LogP contribution is 2.34. The van der Waals surface area contributed by atoms with E-state index in [4.69, 9.17) is 10.6 Å². The van der Waals surface area contributed by atoms with Crippen LogP contribution in [0.15, 0.2) is 0 Å². The van der Waals surface area contributed by atoms with Crippen molar-refractivity contribution in [3.63, 3.8) is 0 Å². The van der Waals surface area contributed by atoms with Gasteiger partial charge in [-0.2, -0.15) is 5.48 Å². The van der Waals surface area contributed by atoms with E-state index < -0.39 is 12.5 Å². The fraction of sp³-hybridized carbons (Fsp3) is 0.960. The first-order valence-electron chi connectivity index (χ1n) is 14.2. The molecule has 5 aliphatic rings. The minimum absolute atomic E-state index is 0.00558. The fourth-order valence-corrected chi connectivity index (χ4v) is 7.27. The third kappa shape index (κ3) is 7.14. The summed E-state index contributed by atoms with van der Waals surface area (Å²) >= 11 is 0. The number of nitrogens with zero attached hydrogens (tertiary/aromatic N) is 2. The first-order chi connectivity index (χ1) is 17.7. The summed E-state index contributed by atoms with van der Waals surface area (Å²) in [4.78, 5) is 22.4. The van der Waals surface area contributed by atoms with E-state index >= 15 is 0 Å². The van der Waals surface area contributed by atoms with Gasteiger partial charge in [-0.15, -0.1) is 13.2 Å². The third-order valence-electron chi connectivity index (χ3n) is 9.22. The Kier molecular flexibility index (Phi) is 8.94. The lowest BCUT2D eigenvalue weighted by molar-refractivity contribution is -0.346. The van der Waals surface area contributed by atoms with Gasteiger partial charge in [0.25, 0.3) is 0 Å². The number of hydrogen-bond acceptors (Lipinski definition) is 8. The molecule has 5 fully saturated rings. The van der Waals surface area contributed by atoms with Crippen LogP contribution < -0.4 is 21.8 Å². The van der Waals surface area contributed by atoms with E-state index in [0.29, 0.717) is 18.8 Å². The Labute approximate surface area is 217 Å². The normalized spacial score (nSPS) is 39.3. The molecule has 4 heterocycles. The van der Waals surface area contributed by atoms with Crippen molar-refractivity contribution < 1.29 is 27.5 Å². The summed E-state index contributed by atoms with van der Waals surface area (Å²) in [5.41, 5.74) is 8.76. The van der Waals surface area contributed by atoms with Crippen LogP contribution in [0.4, 0.5) is 13.2 Å². The Balaban J connectivity index is 1.10.